The zero-order chi connectivity index (χ0) is 4.12. The summed E-state index contributed by atoms with van der Waals surface area (Å²) in [4.78, 5) is 0. The van der Waals surface area contributed by atoms with Gasteiger partial charge in [-0.1, -0.05) is 0 Å². The highest BCUT2D eigenvalue weighted by molar-refractivity contribution is 5.75. The van der Waals surface area contributed by atoms with Gasteiger partial charge in [-0.15, -0.1) is 0 Å². The summed E-state index contributed by atoms with van der Waals surface area (Å²) in [6.45, 7) is 0.389. The minimum absolute atomic E-state index is 0. The van der Waals surface area contributed by atoms with E-state index < -0.39 is 0 Å². The zero-order valence-electron chi connectivity index (χ0n) is 3.52. The SMILES string of the molecule is COCOC.[SiH4]. The fourth-order valence-corrected chi connectivity index (χ4v) is 0.118. The lowest BCUT2D eigenvalue weighted by atomic mass is 11.4. The van der Waals surface area contributed by atoms with Crippen LogP contribution in [0.3, 0.4) is 0 Å². The van der Waals surface area contributed by atoms with Gasteiger partial charge in [-0.2, -0.15) is 0 Å². The van der Waals surface area contributed by atoms with Gasteiger partial charge >= 0.3 is 0 Å². The molecule has 0 aliphatic carbocycles. The molecule has 0 saturated carbocycles. The molecule has 0 heterocycles. The first-order chi connectivity index (χ1) is 2.41. The van der Waals surface area contributed by atoms with Crippen molar-refractivity contribution < 1.29 is 9.47 Å². The molecule has 0 amide bonds. The van der Waals surface area contributed by atoms with Crippen molar-refractivity contribution in [2.24, 2.45) is 0 Å². The fourth-order valence-electron chi connectivity index (χ4n) is 0.118. The van der Waals surface area contributed by atoms with Gasteiger partial charge in [-0.25, -0.2) is 0 Å². The van der Waals surface area contributed by atoms with Crippen LogP contribution in [0.25, 0.3) is 0 Å². The van der Waals surface area contributed by atoms with Gasteiger partial charge < -0.3 is 9.47 Å². The predicted molar refractivity (Wildman–Crippen MR) is 30.2 cm³/mol. The quantitative estimate of drug-likeness (QED) is 0.326. The number of hydrogen-bond donors (Lipinski definition) is 0. The molecule has 0 atom stereocenters. The number of methoxy groups -OCH3 is 2. The summed E-state index contributed by atoms with van der Waals surface area (Å²) in [6.07, 6.45) is 0. The van der Waals surface area contributed by atoms with Crippen LogP contribution < -0.4 is 0 Å². The summed E-state index contributed by atoms with van der Waals surface area (Å²) < 4.78 is 8.94. The second-order valence-electron chi connectivity index (χ2n) is 0.695. The molecule has 3 heteroatoms. The van der Waals surface area contributed by atoms with Crippen molar-refractivity contribution in [3.05, 3.63) is 0 Å². The van der Waals surface area contributed by atoms with Crippen LogP contribution in [0, 0.1) is 0 Å². The van der Waals surface area contributed by atoms with Crippen LogP contribution in [0.15, 0.2) is 0 Å². The van der Waals surface area contributed by atoms with Gasteiger partial charge in [-0.3, -0.25) is 0 Å². The Bertz CT molecular complexity index is 16.3. The van der Waals surface area contributed by atoms with Crippen LogP contribution >= 0.6 is 0 Å². The van der Waals surface area contributed by atoms with Gasteiger partial charge in [0.15, 0.2) is 0 Å². The Hall–Kier alpha value is 0.137. The van der Waals surface area contributed by atoms with Crippen LogP contribution in [0.5, 0.6) is 0 Å². The Morgan fingerprint density at radius 3 is 1.50 bits per heavy atom. The first kappa shape index (κ1) is 9.46. The van der Waals surface area contributed by atoms with E-state index in [4.69, 9.17) is 0 Å². The van der Waals surface area contributed by atoms with Gasteiger partial charge in [0, 0.05) is 14.2 Å². The maximum absolute atomic E-state index is 4.47. The molecule has 6 heavy (non-hydrogen) atoms. The lowest BCUT2D eigenvalue weighted by Gasteiger charge is -1.87. The summed E-state index contributed by atoms with van der Waals surface area (Å²) in [5.74, 6) is 0. The monoisotopic (exact) mass is 108 g/mol. The summed E-state index contributed by atoms with van der Waals surface area (Å²) in [7, 11) is 3.17. The standard InChI is InChI=1S/C3H8O2.H4Si/c1-4-3-5-2;/h3H2,1-2H3;1H4. The van der Waals surface area contributed by atoms with Crippen LogP contribution in [-0.2, 0) is 9.47 Å². The maximum Gasteiger partial charge on any atom is 0.145 e. The maximum atomic E-state index is 4.47. The van der Waals surface area contributed by atoms with E-state index in [0.29, 0.717) is 6.79 Å². The van der Waals surface area contributed by atoms with Crippen LogP contribution in [-0.4, -0.2) is 32.0 Å². The van der Waals surface area contributed by atoms with Crippen LogP contribution in [0.1, 0.15) is 0 Å². The molecule has 0 aromatic rings. The molecule has 0 saturated heterocycles. The summed E-state index contributed by atoms with van der Waals surface area (Å²) in [6, 6.07) is 0. The van der Waals surface area contributed by atoms with E-state index in [1.165, 1.54) is 0 Å². The minimum atomic E-state index is 0. The summed E-state index contributed by atoms with van der Waals surface area (Å²) in [5, 5.41) is 0. The summed E-state index contributed by atoms with van der Waals surface area (Å²) >= 11 is 0. The molecular formula is C3H12O2Si. The second-order valence-corrected chi connectivity index (χ2v) is 0.695. The highest BCUT2D eigenvalue weighted by Gasteiger charge is 1.63. The Labute approximate surface area is 42.5 Å². The normalized spacial score (nSPS) is 7.00. The van der Waals surface area contributed by atoms with Crippen molar-refractivity contribution in [3.63, 3.8) is 0 Å². The van der Waals surface area contributed by atoms with Crippen molar-refractivity contribution in [2.75, 3.05) is 21.0 Å². The third kappa shape index (κ3) is 8.91. The lowest BCUT2D eigenvalue weighted by Crippen LogP contribution is -1.87. The van der Waals surface area contributed by atoms with E-state index in [0.717, 1.165) is 0 Å². The van der Waals surface area contributed by atoms with E-state index in [1.807, 2.05) is 0 Å². The highest BCUT2D eigenvalue weighted by Crippen LogP contribution is 1.60. The van der Waals surface area contributed by atoms with Crippen LogP contribution in [0.2, 0.25) is 0 Å². The van der Waals surface area contributed by atoms with Crippen molar-refractivity contribution in [1.29, 1.82) is 0 Å². The number of ether oxygens (including phenoxy) is 2. The Morgan fingerprint density at radius 1 is 1.17 bits per heavy atom. The molecule has 40 valence electrons. The molecule has 0 aliphatic rings. The third-order valence-electron chi connectivity index (χ3n) is 0.236. The van der Waals surface area contributed by atoms with Gasteiger partial charge in [-0.05, 0) is 11.0 Å². The van der Waals surface area contributed by atoms with E-state index in [-0.39, 0.29) is 11.0 Å². The molecule has 0 aromatic heterocycles. The average molecular weight is 108 g/mol. The number of rotatable bonds is 2. The molecule has 0 aromatic carbocycles. The van der Waals surface area contributed by atoms with E-state index in [2.05, 4.69) is 9.47 Å². The van der Waals surface area contributed by atoms with Crippen molar-refractivity contribution >= 4 is 11.0 Å². The van der Waals surface area contributed by atoms with Gasteiger partial charge in [0.1, 0.15) is 6.79 Å². The first-order valence-electron chi connectivity index (χ1n) is 1.39. The van der Waals surface area contributed by atoms with Gasteiger partial charge in [0.2, 0.25) is 0 Å². The van der Waals surface area contributed by atoms with Gasteiger partial charge in [0.25, 0.3) is 0 Å². The lowest BCUT2D eigenvalue weighted by molar-refractivity contribution is -0.00271. The molecular weight excluding hydrogens is 96.1 g/mol. The Kier molecular flexibility index (Phi) is 14.1. The topological polar surface area (TPSA) is 18.5 Å². The van der Waals surface area contributed by atoms with Crippen molar-refractivity contribution in [1.82, 2.24) is 0 Å². The molecule has 0 spiro atoms. The highest BCUT2D eigenvalue weighted by atomic mass is 28.1. The molecule has 0 aliphatic heterocycles. The van der Waals surface area contributed by atoms with E-state index >= 15 is 0 Å². The largest absolute Gasteiger partial charge is 0.359 e. The first-order valence-corrected chi connectivity index (χ1v) is 1.39. The van der Waals surface area contributed by atoms with Crippen molar-refractivity contribution in [2.45, 2.75) is 0 Å². The third-order valence-corrected chi connectivity index (χ3v) is 0.236. The Balaban J connectivity index is 0. The van der Waals surface area contributed by atoms with E-state index in [1.54, 1.807) is 14.2 Å². The molecule has 0 N–H and O–H groups in total. The van der Waals surface area contributed by atoms with Crippen molar-refractivity contribution in [3.8, 4) is 0 Å². The number of hydrogen-bond acceptors (Lipinski definition) is 2. The minimum Gasteiger partial charge on any atom is -0.359 e. The molecule has 2 nitrogen and oxygen atoms in total. The Morgan fingerprint density at radius 2 is 1.50 bits per heavy atom. The predicted octanol–water partition coefficient (Wildman–Crippen LogP) is -1.21. The molecule has 0 radical (unpaired) electrons. The van der Waals surface area contributed by atoms with E-state index in [9.17, 15) is 0 Å². The smallest absolute Gasteiger partial charge is 0.145 e. The molecule has 0 fully saturated rings. The molecule has 0 unspecified atom stereocenters. The fraction of sp³-hybridized carbons (Fsp3) is 1.00. The zero-order valence-corrected chi connectivity index (χ0v) is 3.52. The van der Waals surface area contributed by atoms with Gasteiger partial charge in [0.05, 0.1) is 0 Å². The van der Waals surface area contributed by atoms with Crippen LogP contribution in [0.4, 0.5) is 0 Å². The molecule has 0 bridgehead atoms. The average Bonchev–Trinajstić information content (AvgIpc) is 1.41. The second kappa shape index (κ2) is 8.93. The summed E-state index contributed by atoms with van der Waals surface area (Å²) in [5.41, 5.74) is 0. The molecule has 0 rings (SSSR count).